The average Bonchev–Trinajstić information content (AvgIpc) is 3.11. The monoisotopic (exact) mass is 270 g/mol. The molecule has 1 aliphatic heterocycles. The molecular weight excluding hydrogens is 244 g/mol. The van der Waals surface area contributed by atoms with Crippen LogP contribution in [0.4, 0.5) is 0 Å². The van der Waals surface area contributed by atoms with Gasteiger partial charge in [0.05, 0.1) is 12.7 Å². The summed E-state index contributed by atoms with van der Waals surface area (Å²) in [4.78, 5) is 11.3. The molecule has 1 rings (SSSR count). The maximum atomic E-state index is 11.3. The molecule has 0 unspecified atom stereocenters. The number of carbonyl (C=O) groups excluding carboxylic acids is 1. The number of Topliss-reactive ketones (excluding diaryl/α,β-unsaturated/α-hetero) is 1. The van der Waals surface area contributed by atoms with Gasteiger partial charge in [0.25, 0.3) is 0 Å². The van der Waals surface area contributed by atoms with Gasteiger partial charge in [-0.2, -0.15) is 0 Å². The third-order valence-electron chi connectivity index (χ3n) is 4.11. The molecule has 0 saturated carbocycles. The molecule has 1 saturated heterocycles. The van der Waals surface area contributed by atoms with Crippen molar-refractivity contribution in [3.8, 4) is 0 Å². The van der Waals surface area contributed by atoms with Gasteiger partial charge in [0, 0.05) is 6.42 Å². The van der Waals surface area contributed by atoms with Gasteiger partial charge in [-0.15, -0.1) is 6.58 Å². The van der Waals surface area contributed by atoms with Crippen molar-refractivity contribution in [1.82, 2.24) is 0 Å². The lowest BCUT2D eigenvalue weighted by Crippen LogP contribution is -2.45. The fraction of sp³-hybridized carbons (Fsp3) is 0.786. The maximum Gasteiger partial charge on any atom is 0.193 e. The molecule has 0 aromatic carbocycles. The minimum Gasteiger partial charge on any atom is -0.407 e. The predicted molar refractivity (Wildman–Crippen MR) is 76.2 cm³/mol. The summed E-state index contributed by atoms with van der Waals surface area (Å²) in [7, 11) is -1.68. The van der Waals surface area contributed by atoms with Crippen molar-refractivity contribution in [3.05, 3.63) is 12.7 Å². The SMILES string of the molecule is C=C[C@@H](O[Si](CC)(CC)CC)[C@@]1(CC(C)=O)CO1. The van der Waals surface area contributed by atoms with Crippen LogP contribution < -0.4 is 0 Å². The van der Waals surface area contributed by atoms with E-state index in [1.165, 1.54) is 0 Å². The Morgan fingerprint density at radius 3 is 2.22 bits per heavy atom. The molecule has 0 aliphatic carbocycles. The maximum absolute atomic E-state index is 11.3. The molecule has 1 aliphatic rings. The Bertz CT molecular complexity index is 298. The molecule has 0 N–H and O–H groups in total. The van der Waals surface area contributed by atoms with Crippen molar-refractivity contribution < 1.29 is 14.0 Å². The van der Waals surface area contributed by atoms with E-state index < -0.39 is 13.9 Å². The van der Waals surface area contributed by atoms with E-state index in [0.29, 0.717) is 13.0 Å². The Balaban J connectivity index is 2.78. The van der Waals surface area contributed by atoms with E-state index in [4.69, 9.17) is 9.16 Å². The smallest absolute Gasteiger partial charge is 0.193 e. The average molecular weight is 270 g/mol. The first kappa shape index (κ1) is 15.6. The molecule has 0 amide bonds. The summed E-state index contributed by atoms with van der Waals surface area (Å²) in [6, 6.07) is 3.29. The zero-order valence-corrected chi connectivity index (χ0v) is 13.1. The van der Waals surface area contributed by atoms with E-state index >= 15 is 0 Å². The molecule has 0 aromatic rings. The fourth-order valence-electron chi connectivity index (χ4n) is 2.52. The first-order valence-electron chi connectivity index (χ1n) is 6.91. The molecule has 0 bridgehead atoms. The van der Waals surface area contributed by atoms with Crippen molar-refractivity contribution in [3.63, 3.8) is 0 Å². The van der Waals surface area contributed by atoms with E-state index in [9.17, 15) is 4.79 Å². The van der Waals surface area contributed by atoms with Gasteiger partial charge < -0.3 is 9.16 Å². The van der Waals surface area contributed by atoms with E-state index in [0.717, 1.165) is 18.1 Å². The summed E-state index contributed by atoms with van der Waals surface area (Å²) in [6.07, 6.45) is 2.12. The highest BCUT2D eigenvalue weighted by atomic mass is 28.4. The van der Waals surface area contributed by atoms with Crippen LogP contribution in [0.15, 0.2) is 12.7 Å². The first-order chi connectivity index (χ1) is 8.47. The normalized spacial score (nSPS) is 24.7. The van der Waals surface area contributed by atoms with Gasteiger partial charge in [0.1, 0.15) is 11.4 Å². The lowest BCUT2D eigenvalue weighted by atomic mass is 9.97. The molecule has 104 valence electrons. The van der Waals surface area contributed by atoms with Crippen molar-refractivity contribution in [2.45, 2.75) is 64.0 Å². The molecule has 0 spiro atoms. The second kappa shape index (κ2) is 6.13. The zero-order chi connectivity index (χ0) is 13.8. The van der Waals surface area contributed by atoms with Crippen molar-refractivity contribution in [2.75, 3.05) is 6.61 Å². The Labute approximate surface area is 112 Å². The van der Waals surface area contributed by atoms with Gasteiger partial charge in [-0.05, 0) is 25.1 Å². The lowest BCUT2D eigenvalue weighted by molar-refractivity contribution is -0.118. The van der Waals surface area contributed by atoms with E-state index in [-0.39, 0.29) is 11.9 Å². The summed E-state index contributed by atoms with van der Waals surface area (Å²) in [5, 5.41) is 0. The van der Waals surface area contributed by atoms with Gasteiger partial charge in [-0.1, -0.05) is 26.8 Å². The third-order valence-corrected chi connectivity index (χ3v) is 8.73. The van der Waals surface area contributed by atoms with E-state index in [1.807, 2.05) is 6.08 Å². The molecule has 4 heteroatoms. The molecule has 18 heavy (non-hydrogen) atoms. The van der Waals surface area contributed by atoms with Crippen molar-refractivity contribution in [1.29, 1.82) is 0 Å². The van der Waals surface area contributed by atoms with Gasteiger partial charge >= 0.3 is 0 Å². The minimum atomic E-state index is -1.68. The fourth-order valence-corrected chi connectivity index (χ4v) is 5.37. The standard InChI is InChI=1S/C14H26O3Si/c1-6-13(14(11-16-14)10-12(5)15)17-18(7-2,8-3)9-4/h6,13H,1,7-11H2,2-5H3/t13-,14-/m1/s1. The molecule has 1 fully saturated rings. The molecule has 1 heterocycles. The highest BCUT2D eigenvalue weighted by Crippen LogP contribution is 2.40. The lowest BCUT2D eigenvalue weighted by Gasteiger charge is -2.34. The summed E-state index contributed by atoms with van der Waals surface area (Å²) in [6.45, 7) is 12.7. The van der Waals surface area contributed by atoms with Crippen LogP contribution in [0.2, 0.25) is 18.1 Å². The summed E-state index contributed by atoms with van der Waals surface area (Å²) >= 11 is 0. The summed E-state index contributed by atoms with van der Waals surface area (Å²) < 4.78 is 12.0. The Morgan fingerprint density at radius 1 is 1.44 bits per heavy atom. The number of carbonyl (C=O) groups is 1. The van der Waals surface area contributed by atoms with Crippen LogP contribution in [0.3, 0.4) is 0 Å². The predicted octanol–water partition coefficient (Wildman–Crippen LogP) is 3.31. The largest absolute Gasteiger partial charge is 0.407 e. The van der Waals surface area contributed by atoms with E-state index in [2.05, 4.69) is 27.4 Å². The molecule has 2 atom stereocenters. The van der Waals surface area contributed by atoms with Gasteiger partial charge in [0.2, 0.25) is 0 Å². The number of hydrogen-bond donors (Lipinski definition) is 0. The Hall–Kier alpha value is -0.453. The molecular formula is C14H26O3Si. The molecule has 0 aromatic heterocycles. The third kappa shape index (κ3) is 3.31. The van der Waals surface area contributed by atoms with E-state index in [1.54, 1.807) is 6.92 Å². The van der Waals surface area contributed by atoms with Crippen molar-refractivity contribution >= 4 is 14.1 Å². The highest BCUT2D eigenvalue weighted by Gasteiger charge is 2.53. The Morgan fingerprint density at radius 2 is 1.94 bits per heavy atom. The molecule has 0 radical (unpaired) electrons. The van der Waals surface area contributed by atoms with Gasteiger partial charge in [-0.25, -0.2) is 0 Å². The van der Waals surface area contributed by atoms with Crippen LogP contribution >= 0.6 is 0 Å². The number of ketones is 1. The van der Waals surface area contributed by atoms with Crippen molar-refractivity contribution in [2.24, 2.45) is 0 Å². The van der Waals surface area contributed by atoms with Crippen LogP contribution in [-0.4, -0.2) is 32.4 Å². The second-order valence-corrected chi connectivity index (χ2v) is 9.97. The van der Waals surface area contributed by atoms with Crippen LogP contribution in [0.5, 0.6) is 0 Å². The number of rotatable bonds is 9. The molecule has 3 nitrogen and oxygen atoms in total. The topological polar surface area (TPSA) is 38.8 Å². The van der Waals surface area contributed by atoms with Crippen LogP contribution in [0.25, 0.3) is 0 Å². The van der Waals surface area contributed by atoms with Crippen LogP contribution in [0.1, 0.15) is 34.1 Å². The van der Waals surface area contributed by atoms with Crippen LogP contribution in [-0.2, 0) is 14.0 Å². The first-order valence-corrected chi connectivity index (χ1v) is 9.44. The zero-order valence-electron chi connectivity index (χ0n) is 12.1. The highest BCUT2D eigenvalue weighted by molar-refractivity contribution is 6.73. The number of hydrogen-bond acceptors (Lipinski definition) is 3. The summed E-state index contributed by atoms with van der Waals surface area (Å²) in [5.41, 5.74) is -0.411. The minimum absolute atomic E-state index is 0.132. The number of epoxide rings is 1. The van der Waals surface area contributed by atoms with Gasteiger partial charge in [-0.3, -0.25) is 4.79 Å². The second-order valence-electron chi connectivity index (χ2n) is 5.25. The number of ether oxygens (including phenoxy) is 1. The Kier molecular flexibility index (Phi) is 5.31. The van der Waals surface area contributed by atoms with Gasteiger partial charge in [0.15, 0.2) is 8.32 Å². The quantitative estimate of drug-likeness (QED) is 0.366. The summed E-state index contributed by atoms with van der Waals surface area (Å²) in [5.74, 6) is 0.153. The van der Waals surface area contributed by atoms with Crippen LogP contribution in [0, 0.1) is 0 Å².